The standard InChI is InChI=1S/C14H13FN2O2/c1-9(10-2-4-11(15)5-3-10)17-13-8-16-7-6-12(13)14(18)19/h2-9,17H,1H3,(H,18,19)/t9-/m0/s1. The smallest absolute Gasteiger partial charge is 0.337 e. The van der Waals surface area contributed by atoms with Crippen molar-refractivity contribution in [2.24, 2.45) is 0 Å². The van der Waals surface area contributed by atoms with Gasteiger partial charge in [-0.25, -0.2) is 9.18 Å². The summed E-state index contributed by atoms with van der Waals surface area (Å²) in [5, 5.41) is 12.1. The molecule has 2 N–H and O–H groups in total. The molecule has 4 nitrogen and oxygen atoms in total. The minimum atomic E-state index is -1.02. The Morgan fingerprint density at radius 2 is 2.00 bits per heavy atom. The number of aromatic nitrogens is 1. The van der Waals surface area contributed by atoms with Crippen LogP contribution < -0.4 is 5.32 Å². The van der Waals surface area contributed by atoms with Crippen molar-refractivity contribution >= 4 is 11.7 Å². The number of carbonyl (C=O) groups is 1. The molecule has 0 aliphatic rings. The molecule has 0 fully saturated rings. The molecule has 2 aromatic rings. The number of hydrogen-bond acceptors (Lipinski definition) is 3. The Labute approximate surface area is 109 Å². The maximum atomic E-state index is 12.8. The van der Waals surface area contributed by atoms with E-state index < -0.39 is 5.97 Å². The second kappa shape index (κ2) is 5.48. The number of nitrogens with zero attached hydrogens (tertiary/aromatic N) is 1. The van der Waals surface area contributed by atoms with Gasteiger partial charge < -0.3 is 10.4 Å². The van der Waals surface area contributed by atoms with Crippen molar-refractivity contribution < 1.29 is 14.3 Å². The maximum absolute atomic E-state index is 12.8. The fourth-order valence-electron chi connectivity index (χ4n) is 1.76. The van der Waals surface area contributed by atoms with E-state index in [2.05, 4.69) is 10.3 Å². The second-order valence-electron chi connectivity index (χ2n) is 4.14. The quantitative estimate of drug-likeness (QED) is 0.886. The molecule has 0 saturated heterocycles. The van der Waals surface area contributed by atoms with Crippen LogP contribution in [0, 0.1) is 5.82 Å². The summed E-state index contributed by atoms with van der Waals surface area (Å²) in [5.41, 5.74) is 1.46. The molecule has 0 amide bonds. The number of pyridine rings is 1. The molecule has 0 aliphatic carbocycles. The van der Waals surface area contributed by atoms with Gasteiger partial charge in [0.15, 0.2) is 0 Å². The number of halogens is 1. The first kappa shape index (κ1) is 13.0. The van der Waals surface area contributed by atoms with Crippen LogP contribution in [-0.2, 0) is 0 Å². The highest BCUT2D eigenvalue weighted by Crippen LogP contribution is 2.21. The Kier molecular flexibility index (Phi) is 3.75. The van der Waals surface area contributed by atoms with Crippen LogP contribution >= 0.6 is 0 Å². The first-order chi connectivity index (χ1) is 9.08. The van der Waals surface area contributed by atoms with Crippen molar-refractivity contribution in [3.05, 3.63) is 59.7 Å². The minimum Gasteiger partial charge on any atom is -0.478 e. The first-order valence-electron chi connectivity index (χ1n) is 5.77. The van der Waals surface area contributed by atoms with Gasteiger partial charge in [0.2, 0.25) is 0 Å². The van der Waals surface area contributed by atoms with E-state index in [1.54, 1.807) is 12.1 Å². The van der Waals surface area contributed by atoms with E-state index in [1.807, 2.05) is 6.92 Å². The van der Waals surface area contributed by atoms with Crippen molar-refractivity contribution in [3.8, 4) is 0 Å². The summed E-state index contributed by atoms with van der Waals surface area (Å²) in [6, 6.07) is 7.34. The van der Waals surface area contributed by atoms with E-state index in [0.717, 1.165) is 5.56 Å². The summed E-state index contributed by atoms with van der Waals surface area (Å²) >= 11 is 0. The lowest BCUT2D eigenvalue weighted by Gasteiger charge is -2.16. The number of carboxylic acid groups (broad SMARTS) is 1. The highest BCUT2D eigenvalue weighted by Gasteiger charge is 2.12. The molecule has 2 rings (SSSR count). The summed E-state index contributed by atoms with van der Waals surface area (Å²) in [6.45, 7) is 1.87. The number of benzene rings is 1. The third-order valence-corrected chi connectivity index (χ3v) is 2.79. The zero-order valence-corrected chi connectivity index (χ0v) is 10.3. The van der Waals surface area contributed by atoms with Gasteiger partial charge in [0.05, 0.1) is 17.4 Å². The molecular formula is C14H13FN2O2. The fourth-order valence-corrected chi connectivity index (χ4v) is 1.76. The fraction of sp³-hybridized carbons (Fsp3) is 0.143. The monoisotopic (exact) mass is 260 g/mol. The van der Waals surface area contributed by atoms with Crippen LogP contribution in [0.4, 0.5) is 10.1 Å². The molecule has 0 spiro atoms. The molecule has 1 aromatic carbocycles. The molecule has 0 aliphatic heterocycles. The van der Waals surface area contributed by atoms with E-state index in [-0.39, 0.29) is 17.4 Å². The molecule has 5 heteroatoms. The lowest BCUT2D eigenvalue weighted by molar-refractivity contribution is 0.0698. The van der Waals surface area contributed by atoms with Crippen molar-refractivity contribution in [3.63, 3.8) is 0 Å². The highest BCUT2D eigenvalue weighted by atomic mass is 19.1. The van der Waals surface area contributed by atoms with Crippen LogP contribution in [0.5, 0.6) is 0 Å². The van der Waals surface area contributed by atoms with Gasteiger partial charge in [-0.15, -0.1) is 0 Å². The number of anilines is 1. The Morgan fingerprint density at radius 1 is 1.32 bits per heavy atom. The Bertz CT molecular complexity index is 584. The molecule has 0 unspecified atom stereocenters. The molecule has 1 heterocycles. The Hall–Kier alpha value is -2.43. The van der Waals surface area contributed by atoms with Crippen molar-refractivity contribution in [1.29, 1.82) is 0 Å². The van der Waals surface area contributed by atoms with Crippen LogP contribution in [0.3, 0.4) is 0 Å². The van der Waals surface area contributed by atoms with E-state index in [1.165, 1.54) is 30.6 Å². The van der Waals surface area contributed by atoms with Gasteiger partial charge in [0.25, 0.3) is 0 Å². The summed E-state index contributed by atoms with van der Waals surface area (Å²) < 4.78 is 12.8. The first-order valence-corrected chi connectivity index (χ1v) is 5.77. The molecule has 1 aromatic heterocycles. The van der Waals surface area contributed by atoms with Gasteiger partial charge in [-0.3, -0.25) is 4.98 Å². The Balaban J connectivity index is 2.21. The number of rotatable bonds is 4. The van der Waals surface area contributed by atoms with Crippen LogP contribution in [0.2, 0.25) is 0 Å². The number of aromatic carboxylic acids is 1. The summed E-state index contributed by atoms with van der Waals surface area (Å²) in [7, 11) is 0. The number of nitrogens with one attached hydrogen (secondary N) is 1. The molecule has 0 radical (unpaired) electrons. The lowest BCUT2D eigenvalue weighted by atomic mass is 10.1. The maximum Gasteiger partial charge on any atom is 0.337 e. The third kappa shape index (κ3) is 3.07. The second-order valence-corrected chi connectivity index (χ2v) is 4.14. The van der Waals surface area contributed by atoms with Gasteiger partial charge in [-0.2, -0.15) is 0 Å². The van der Waals surface area contributed by atoms with Gasteiger partial charge >= 0.3 is 5.97 Å². The van der Waals surface area contributed by atoms with Crippen LogP contribution in [0.25, 0.3) is 0 Å². The van der Waals surface area contributed by atoms with Crippen molar-refractivity contribution in [2.45, 2.75) is 13.0 Å². The lowest BCUT2D eigenvalue weighted by Crippen LogP contribution is -2.11. The van der Waals surface area contributed by atoms with E-state index >= 15 is 0 Å². The number of hydrogen-bond donors (Lipinski definition) is 2. The van der Waals surface area contributed by atoms with Gasteiger partial charge in [-0.05, 0) is 30.7 Å². The zero-order chi connectivity index (χ0) is 13.8. The summed E-state index contributed by atoms with van der Waals surface area (Å²) in [6.07, 6.45) is 2.89. The van der Waals surface area contributed by atoms with Crippen LogP contribution in [0.15, 0.2) is 42.7 Å². The SMILES string of the molecule is C[C@H](Nc1cnccc1C(=O)O)c1ccc(F)cc1. The molecule has 1 atom stereocenters. The predicted molar refractivity (Wildman–Crippen MR) is 69.6 cm³/mol. The van der Waals surface area contributed by atoms with Crippen LogP contribution in [0.1, 0.15) is 28.9 Å². The van der Waals surface area contributed by atoms with E-state index in [4.69, 9.17) is 5.11 Å². The largest absolute Gasteiger partial charge is 0.478 e. The summed E-state index contributed by atoms with van der Waals surface area (Å²) in [5.74, 6) is -1.32. The van der Waals surface area contributed by atoms with Crippen molar-refractivity contribution in [1.82, 2.24) is 4.98 Å². The van der Waals surface area contributed by atoms with Crippen molar-refractivity contribution in [2.75, 3.05) is 5.32 Å². The average Bonchev–Trinajstić information content (AvgIpc) is 2.39. The normalized spacial score (nSPS) is 11.9. The molecule has 0 saturated carbocycles. The Morgan fingerprint density at radius 3 is 2.63 bits per heavy atom. The molecule has 0 bridgehead atoms. The van der Waals surface area contributed by atoms with E-state index in [0.29, 0.717) is 5.69 Å². The molecular weight excluding hydrogens is 247 g/mol. The summed E-state index contributed by atoms with van der Waals surface area (Å²) in [4.78, 5) is 15.0. The number of carboxylic acids is 1. The van der Waals surface area contributed by atoms with Gasteiger partial charge in [-0.1, -0.05) is 12.1 Å². The average molecular weight is 260 g/mol. The predicted octanol–water partition coefficient (Wildman–Crippen LogP) is 3.09. The molecule has 19 heavy (non-hydrogen) atoms. The van der Waals surface area contributed by atoms with E-state index in [9.17, 15) is 9.18 Å². The van der Waals surface area contributed by atoms with Gasteiger partial charge in [0.1, 0.15) is 5.82 Å². The third-order valence-electron chi connectivity index (χ3n) is 2.79. The van der Waals surface area contributed by atoms with Gasteiger partial charge in [0, 0.05) is 12.2 Å². The zero-order valence-electron chi connectivity index (χ0n) is 10.3. The highest BCUT2D eigenvalue weighted by molar-refractivity contribution is 5.93. The minimum absolute atomic E-state index is 0.150. The van der Waals surface area contributed by atoms with Crippen LogP contribution in [-0.4, -0.2) is 16.1 Å². The molecule has 98 valence electrons. The topological polar surface area (TPSA) is 62.2 Å².